The van der Waals surface area contributed by atoms with Gasteiger partial charge in [-0.05, 0) is 39.0 Å². The average molecular weight is 308 g/mol. The number of halogens is 2. The van der Waals surface area contributed by atoms with Crippen molar-refractivity contribution in [2.45, 2.75) is 31.3 Å². The van der Waals surface area contributed by atoms with Crippen LogP contribution in [0.5, 0.6) is 0 Å². The third kappa shape index (κ3) is 4.74. The van der Waals surface area contributed by atoms with Gasteiger partial charge in [0.15, 0.2) is 11.6 Å². The van der Waals surface area contributed by atoms with Gasteiger partial charge in [0.2, 0.25) is 0 Å². The van der Waals surface area contributed by atoms with Crippen molar-refractivity contribution in [3.05, 3.63) is 29.8 Å². The molecule has 0 aliphatic heterocycles. The number of hydrogen-bond acceptors (Lipinski definition) is 4. The first-order valence-electron chi connectivity index (χ1n) is 5.47. The van der Waals surface area contributed by atoms with Gasteiger partial charge >= 0.3 is 6.09 Å². The van der Waals surface area contributed by atoms with E-state index in [1.807, 2.05) is 0 Å². The zero-order valence-electron chi connectivity index (χ0n) is 11.0. The van der Waals surface area contributed by atoms with Crippen LogP contribution in [0.2, 0.25) is 0 Å². The standard InChI is InChI=1S/C11H14F2N2O4S/c1-11(2,3)19-10(16)14-15-20(17,18)7-4-5-8(12)9(13)6-7/h4-6,15H,1-3H3,(H,14,16). The molecule has 0 aromatic heterocycles. The summed E-state index contributed by atoms with van der Waals surface area (Å²) in [7, 11) is -4.22. The Hall–Kier alpha value is -1.74. The highest BCUT2D eigenvalue weighted by Gasteiger charge is 2.20. The average Bonchev–Trinajstić information content (AvgIpc) is 2.28. The van der Waals surface area contributed by atoms with Gasteiger partial charge in [0, 0.05) is 0 Å². The monoisotopic (exact) mass is 308 g/mol. The zero-order valence-corrected chi connectivity index (χ0v) is 11.8. The Kier molecular flexibility index (Phi) is 4.66. The second kappa shape index (κ2) is 5.71. The second-order valence-electron chi connectivity index (χ2n) is 4.81. The van der Waals surface area contributed by atoms with E-state index in [9.17, 15) is 22.0 Å². The van der Waals surface area contributed by atoms with E-state index in [2.05, 4.69) is 0 Å². The van der Waals surface area contributed by atoms with Crippen LogP contribution in [0.3, 0.4) is 0 Å². The Morgan fingerprint density at radius 3 is 2.30 bits per heavy atom. The van der Waals surface area contributed by atoms with Crippen LogP contribution < -0.4 is 10.3 Å². The smallest absolute Gasteiger partial charge is 0.423 e. The summed E-state index contributed by atoms with van der Waals surface area (Å²) in [6.45, 7) is 4.78. The molecule has 0 spiro atoms. The zero-order chi connectivity index (χ0) is 15.6. The molecule has 1 aromatic carbocycles. The van der Waals surface area contributed by atoms with Gasteiger partial charge in [-0.1, -0.05) is 0 Å². The molecule has 2 N–H and O–H groups in total. The van der Waals surface area contributed by atoms with Crippen LogP contribution in [-0.4, -0.2) is 20.1 Å². The Labute approximate surface area is 115 Å². The molecule has 112 valence electrons. The van der Waals surface area contributed by atoms with E-state index in [1.165, 1.54) is 0 Å². The van der Waals surface area contributed by atoms with Crippen molar-refractivity contribution in [3.63, 3.8) is 0 Å². The van der Waals surface area contributed by atoms with Crippen molar-refractivity contribution in [3.8, 4) is 0 Å². The Balaban J connectivity index is 2.76. The maximum absolute atomic E-state index is 13.0. The molecule has 0 bridgehead atoms. The van der Waals surface area contributed by atoms with Crippen molar-refractivity contribution in [1.82, 2.24) is 10.3 Å². The SMILES string of the molecule is CC(C)(C)OC(=O)NNS(=O)(=O)c1ccc(F)c(F)c1. The Bertz CT molecular complexity index is 611. The van der Waals surface area contributed by atoms with Gasteiger partial charge in [0.1, 0.15) is 5.60 Å². The molecule has 20 heavy (non-hydrogen) atoms. The highest BCUT2D eigenvalue weighted by molar-refractivity contribution is 7.89. The molecule has 0 saturated carbocycles. The summed E-state index contributed by atoms with van der Waals surface area (Å²) in [5.41, 5.74) is 0.989. The summed E-state index contributed by atoms with van der Waals surface area (Å²) >= 11 is 0. The lowest BCUT2D eigenvalue weighted by atomic mass is 10.2. The highest BCUT2D eigenvalue weighted by Crippen LogP contribution is 2.13. The molecule has 0 heterocycles. The van der Waals surface area contributed by atoms with Crippen LogP contribution in [0.15, 0.2) is 23.1 Å². The first kappa shape index (κ1) is 16.3. The first-order valence-corrected chi connectivity index (χ1v) is 6.95. The lowest BCUT2D eigenvalue weighted by molar-refractivity contribution is 0.0515. The minimum Gasteiger partial charge on any atom is -0.443 e. The number of carbonyl (C=O) groups excluding carboxylic acids is 1. The number of hydrogen-bond donors (Lipinski definition) is 2. The van der Waals surface area contributed by atoms with Gasteiger partial charge in [0.25, 0.3) is 10.0 Å². The number of carbonyl (C=O) groups is 1. The fourth-order valence-corrected chi connectivity index (χ4v) is 1.96. The quantitative estimate of drug-likeness (QED) is 0.832. The molecule has 0 saturated heterocycles. The van der Waals surface area contributed by atoms with E-state index in [4.69, 9.17) is 4.74 Å². The number of benzene rings is 1. The largest absolute Gasteiger partial charge is 0.443 e. The van der Waals surface area contributed by atoms with E-state index in [1.54, 1.807) is 31.0 Å². The number of sulfonamides is 1. The normalized spacial score (nSPS) is 12.1. The first-order chi connectivity index (χ1) is 9.01. The third-order valence-electron chi connectivity index (χ3n) is 1.89. The molecule has 0 radical (unpaired) electrons. The summed E-state index contributed by atoms with van der Waals surface area (Å²) < 4.78 is 53.8. The summed E-state index contributed by atoms with van der Waals surface area (Å²) in [4.78, 5) is 12.4. The van der Waals surface area contributed by atoms with Crippen molar-refractivity contribution >= 4 is 16.1 Å². The van der Waals surface area contributed by atoms with E-state index < -0.39 is 38.2 Å². The van der Waals surface area contributed by atoms with Crippen LogP contribution in [0.25, 0.3) is 0 Å². The van der Waals surface area contributed by atoms with E-state index in [0.717, 1.165) is 6.07 Å². The summed E-state index contributed by atoms with van der Waals surface area (Å²) in [6, 6.07) is 2.02. The van der Waals surface area contributed by atoms with E-state index >= 15 is 0 Å². The summed E-state index contributed by atoms with van der Waals surface area (Å²) in [6.07, 6.45) is -1.02. The van der Waals surface area contributed by atoms with Gasteiger partial charge in [-0.15, -0.1) is 4.83 Å². The number of nitrogens with one attached hydrogen (secondary N) is 2. The number of rotatable bonds is 3. The minimum atomic E-state index is -4.22. The fourth-order valence-electron chi connectivity index (χ4n) is 1.12. The maximum atomic E-state index is 13.0. The van der Waals surface area contributed by atoms with Gasteiger partial charge in [-0.3, -0.25) is 0 Å². The molecular formula is C11H14F2N2O4S. The van der Waals surface area contributed by atoms with Gasteiger partial charge < -0.3 is 4.74 Å². The van der Waals surface area contributed by atoms with Crippen LogP contribution >= 0.6 is 0 Å². The van der Waals surface area contributed by atoms with Crippen molar-refractivity contribution in [2.75, 3.05) is 0 Å². The number of hydrazine groups is 1. The Morgan fingerprint density at radius 1 is 1.20 bits per heavy atom. The van der Waals surface area contributed by atoms with Crippen molar-refractivity contribution < 1.29 is 26.7 Å². The van der Waals surface area contributed by atoms with Crippen molar-refractivity contribution in [2.24, 2.45) is 0 Å². The summed E-state index contributed by atoms with van der Waals surface area (Å²) in [5.74, 6) is -2.49. The van der Waals surface area contributed by atoms with E-state index in [-0.39, 0.29) is 0 Å². The lowest BCUT2D eigenvalue weighted by Gasteiger charge is -2.19. The molecule has 0 unspecified atom stereocenters. The maximum Gasteiger partial charge on any atom is 0.423 e. The van der Waals surface area contributed by atoms with Crippen LogP contribution in [0, 0.1) is 11.6 Å². The van der Waals surface area contributed by atoms with Gasteiger partial charge in [-0.25, -0.2) is 27.4 Å². The van der Waals surface area contributed by atoms with Crippen molar-refractivity contribution in [1.29, 1.82) is 0 Å². The molecule has 1 aromatic rings. The van der Waals surface area contributed by atoms with Gasteiger partial charge in [0.05, 0.1) is 4.90 Å². The molecule has 1 rings (SSSR count). The molecule has 0 aliphatic carbocycles. The van der Waals surface area contributed by atoms with E-state index in [0.29, 0.717) is 12.1 Å². The van der Waals surface area contributed by atoms with Gasteiger partial charge in [-0.2, -0.15) is 0 Å². The minimum absolute atomic E-state index is 0.494. The predicted octanol–water partition coefficient (Wildman–Crippen LogP) is 1.68. The molecule has 0 aliphatic rings. The number of ether oxygens (including phenoxy) is 1. The summed E-state index contributed by atoms with van der Waals surface area (Å²) in [5, 5.41) is 0. The number of amides is 1. The molecule has 0 fully saturated rings. The fraction of sp³-hybridized carbons (Fsp3) is 0.364. The molecule has 6 nitrogen and oxygen atoms in total. The molecule has 9 heteroatoms. The highest BCUT2D eigenvalue weighted by atomic mass is 32.2. The topological polar surface area (TPSA) is 84.5 Å². The van der Waals surface area contributed by atoms with Crippen LogP contribution in [0.1, 0.15) is 20.8 Å². The third-order valence-corrected chi connectivity index (χ3v) is 3.13. The molecule has 0 atom stereocenters. The molecule has 1 amide bonds. The van der Waals surface area contributed by atoms with Crippen LogP contribution in [-0.2, 0) is 14.8 Å². The second-order valence-corrected chi connectivity index (χ2v) is 6.49. The lowest BCUT2D eigenvalue weighted by Crippen LogP contribution is -2.44. The molecular weight excluding hydrogens is 294 g/mol. The predicted molar refractivity (Wildman–Crippen MR) is 66.0 cm³/mol. The van der Waals surface area contributed by atoms with Crippen LogP contribution in [0.4, 0.5) is 13.6 Å². The Morgan fingerprint density at radius 2 is 1.80 bits per heavy atom.